The fraction of sp³-hybridized carbons (Fsp3) is 0.267. The molecule has 2 heterocycles. The van der Waals surface area contributed by atoms with Crippen molar-refractivity contribution >= 4 is 34.0 Å². The number of halogens is 2. The van der Waals surface area contributed by atoms with Crippen LogP contribution in [-0.4, -0.2) is 23.3 Å². The van der Waals surface area contributed by atoms with Crippen LogP contribution in [0.3, 0.4) is 0 Å². The van der Waals surface area contributed by atoms with E-state index < -0.39 is 17.5 Å². The quantitative estimate of drug-likeness (QED) is 0.933. The number of anilines is 2. The Morgan fingerprint density at radius 1 is 1.39 bits per heavy atom. The number of rotatable bonds is 4. The third-order valence-corrected chi connectivity index (χ3v) is 4.30. The Balaban J connectivity index is 1.64. The molecule has 0 saturated carbocycles. The van der Waals surface area contributed by atoms with Crippen LogP contribution in [0.4, 0.5) is 19.6 Å². The molecule has 8 heteroatoms. The van der Waals surface area contributed by atoms with E-state index in [1.807, 2.05) is 0 Å². The molecule has 0 unspecified atom stereocenters. The minimum atomic E-state index is -0.833. The lowest BCUT2D eigenvalue weighted by Gasteiger charge is -2.10. The summed E-state index contributed by atoms with van der Waals surface area (Å²) >= 11 is 1.29. The third kappa shape index (κ3) is 3.53. The summed E-state index contributed by atoms with van der Waals surface area (Å²) in [5, 5.41) is 4.65. The molecular formula is C15H13F2N3O2S. The first-order chi connectivity index (χ1) is 11.0. The van der Waals surface area contributed by atoms with Gasteiger partial charge >= 0.3 is 0 Å². The summed E-state index contributed by atoms with van der Waals surface area (Å²) in [7, 11) is 0. The Kier molecular flexibility index (Phi) is 4.33. The van der Waals surface area contributed by atoms with Gasteiger partial charge in [0, 0.05) is 24.4 Å². The average Bonchev–Trinajstić information content (AvgIpc) is 3.10. The zero-order chi connectivity index (χ0) is 16.4. The fourth-order valence-corrected chi connectivity index (χ4v) is 3.17. The lowest BCUT2D eigenvalue weighted by atomic mass is 10.2. The minimum absolute atomic E-state index is 0.0312. The third-order valence-electron chi connectivity index (χ3n) is 3.39. The van der Waals surface area contributed by atoms with Gasteiger partial charge in [0.25, 0.3) is 0 Å². The summed E-state index contributed by atoms with van der Waals surface area (Å²) in [6.45, 7) is 0.638. The van der Waals surface area contributed by atoms with Crippen LogP contribution in [0.25, 0.3) is 0 Å². The van der Waals surface area contributed by atoms with Gasteiger partial charge in [-0.1, -0.05) is 0 Å². The molecule has 2 amide bonds. The number of carbonyl (C=O) groups excluding carboxylic acids is 2. The average molecular weight is 337 g/mol. The maximum atomic E-state index is 13.5. The predicted molar refractivity (Wildman–Crippen MR) is 82.4 cm³/mol. The Morgan fingerprint density at radius 3 is 2.91 bits per heavy atom. The molecular weight excluding hydrogens is 324 g/mol. The molecule has 0 radical (unpaired) electrons. The second-order valence-electron chi connectivity index (χ2n) is 5.12. The number of thiazole rings is 1. The van der Waals surface area contributed by atoms with E-state index in [0.717, 1.165) is 18.6 Å². The monoisotopic (exact) mass is 337 g/mol. The van der Waals surface area contributed by atoms with Crippen molar-refractivity contribution in [2.24, 2.45) is 0 Å². The van der Waals surface area contributed by atoms with E-state index in [1.54, 1.807) is 10.3 Å². The molecule has 2 aromatic rings. The summed E-state index contributed by atoms with van der Waals surface area (Å²) in [4.78, 5) is 29.5. The highest BCUT2D eigenvalue weighted by atomic mass is 32.1. The number of nitrogens with zero attached hydrogens (tertiary/aromatic N) is 2. The molecule has 1 aromatic carbocycles. The zero-order valence-corrected chi connectivity index (χ0v) is 12.8. The summed E-state index contributed by atoms with van der Waals surface area (Å²) < 4.78 is 26.3. The first-order valence-corrected chi connectivity index (χ1v) is 7.90. The van der Waals surface area contributed by atoms with Crippen molar-refractivity contribution in [1.82, 2.24) is 4.98 Å². The summed E-state index contributed by atoms with van der Waals surface area (Å²) in [6.07, 6.45) is 1.27. The molecule has 0 bridgehead atoms. The molecule has 1 aliphatic rings. The molecule has 120 valence electrons. The van der Waals surface area contributed by atoms with E-state index >= 15 is 0 Å². The fourth-order valence-electron chi connectivity index (χ4n) is 2.30. The largest absolute Gasteiger partial charge is 0.323 e. The van der Waals surface area contributed by atoms with E-state index in [-0.39, 0.29) is 18.0 Å². The van der Waals surface area contributed by atoms with Crippen LogP contribution in [0.15, 0.2) is 23.6 Å². The summed E-state index contributed by atoms with van der Waals surface area (Å²) in [5.74, 6) is -1.97. The Labute approximate surface area is 134 Å². The van der Waals surface area contributed by atoms with Crippen LogP contribution >= 0.6 is 11.3 Å². The molecule has 1 saturated heterocycles. The molecule has 0 spiro atoms. The topological polar surface area (TPSA) is 62.3 Å². The highest BCUT2D eigenvalue weighted by Crippen LogP contribution is 2.25. The van der Waals surface area contributed by atoms with Crippen LogP contribution in [0.2, 0.25) is 0 Å². The number of hydrogen-bond donors (Lipinski definition) is 1. The van der Waals surface area contributed by atoms with Crippen molar-refractivity contribution in [1.29, 1.82) is 0 Å². The van der Waals surface area contributed by atoms with Crippen molar-refractivity contribution in [3.05, 3.63) is 40.9 Å². The SMILES string of the molecule is O=C(Cc1csc(N2CCCC2=O)n1)Nc1ccc(F)cc1F. The highest BCUT2D eigenvalue weighted by molar-refractivity contribution is 7.14. The van der Waals surface area contributed by atoms with Gasteiger partial charge in [-0.05, 0) is 18.6 Å². The first kappa shape index (κ1) is 15.5. The second-order valence-corrected chi connectivity index (χ2v) is 5.96. The van der Waals surface area contributed by atoms with Gasteiger partial charge in [-0.25, -0.2) is 13.8 Å². The lowest BCUT2D eigenvalue weighted by molar-refractivity contribution is -0.117. The molecule has 3 rings (SSSR count). The smallest absolute Gasteiger partial charge is 0.230 e. The number of amides is 2. The molecule has 1 N–H and O–H groups in total. The molecule has 0 atom stereocenters. The van der Waals surface area contributed by atoms with E-state index in [2.05, 4.69) is 10.3 Å². The number of nitrogens with one attached hydrogen (secondary N) is 1. The Morgan fingerprint density at radius 2 is 2.22 bits per heavy atom. The number of aromatic nitrogens is 1. The maximum absolute atomic E-state index is 13.5. The van der Waals surface area contributed by atoms with Crippen LogP contribution in [0, 0.1) is 11.6 Å². The van der Waals surface area contributed by atoms with Gasteiger partial charge in [0.15, 0.2) is 5.13 Å². The van der Waals surface area contributed by atoms with Gasteiger partial charge in [0.1, 0.15) is 11.6 Å². The summed E-state index contributed by atoms with van der Waals surface area (Å²) in [6, 6.07) is 2.94. The Hall–Kier alpha value is -2.35. The van der Waals surface area contributed by atoms with Crippen molar-refractivity contribution in [2.45, 2.75) is 19.3 Å². The summed E-state index contributed by atoms with van der Waals surface area (Å²) in [5.41, 5.74) is 0.422. The molecule has 1 aliphatic heterocycles. The molecule has 0 aliphatic carbocycles. The van der Waals surface area contributed by atoms with Gasteiger partial charge in [-0.3, -0.25) is 14.5 Å². The zero-order valence-electron chi connectivity index (χ0n) is 12.0. The van der Waals surface area contributed by atoms with Crippen LogP contribution in [0.5, 0.6) is 0 Å². The second kappa shape index (κ2) is 6.41. The number of hydrogen-bond acceptors (Lipinski definition) is 4. The normalized spacial score (nSPS) is 14.3. The van der Waals surface area contributed by atoms with Gasteiger partial charge < -0.3 is 5.32 Å². The van der Waals surface area contributed by atoms with E-state index in [0.29, 0.717) is 29.9 Å². The highest BCUT2D eigenvalue weighted by Gasteiger charge is 2.24. The van der Waals surface area contributed by atoms with Gasteiger partial charge in [-0.15, -0.1) is 11.3 Å². The van der Waals surface area contributed by atoms with E-state index in [9.17, 15) is 18.4 Å². The standard InChI is InChI=1S/C15H13F2N3O2S/c16-9-3-4-12(11(17)6-9)19-13(21)7-10-8-23-15(18-10)20-5-1-2-14(20)22/h3-4,6,8H,1-2,5,7H2,(H,19,21). The van der Waals surface area contributed by atoms with Gasteiger partial charge in [-0.2, -0.15) is 0 Å². The van der Waals surface area contributed by atoms with Gasteiger partial charge in [0.2, 0.25) is 11.8 Å². The molecule has 1 aromatic heterocycles. The van der Waals surface area contributed by atoms with Crippen molar-refractivity contribution in [2.75, 3.05) is 16.8 Å². The van der Waals surface area contributed by atoms with Crippen molar-refractivity contribution in [3.63, 3.8) is 0 Å². The van der Waals surface area contributed by atoms with Crippen LogP contribution in [0.1, 0.15) is 18.5 Å². The molecule has 23 heavy (non-hydrogen) atoms. The van der Waals surface area contributed by atoms with Crippen LogP contribution in [-0.2, 0) is 16.0 Å². The minimum Gasteiger partial charge on any atom is -0.323 e. The molecule has 5 nitrogen and oxygen atoms in total. The van der Waals surface area contributed by atoms with E-state index in [4.69, 9.17) is 0 Å². The van der Waals surface area contributed by atoms with Gasteiger partial charge in [0.05, 0.1) is 17.8 Å². The molecule has 1 fully saturated rings. The number of benzene rings is 1. The first-order valence-electron chi connectivity index (χ1n) is 7.02. The van der Waals surface area contributed by atoms with Crippen LogP contribution < -0.4 is 10.2 Å². The predicted octanol–water partition coefficient (Wildman–Crippen LogP) is 2.73. The van der Waals surface area contributed by atoms with Crippen molar-refractivity contribution in [3.8, 4) is 0 Å². The van der Waals surface area contributed by atoms with E-state index in [1.165, 1.54) is 11.3 Å². The lowest BCUT2D eigenvalue weighted by Crippen LogP contribution is -2.23. The Bertz CT molecular complexity index is 763. The maximum Gasteiger partial charge on any atom is 0.230 e. The number of carbonyl (C=O) groups is 2. The van der Waals surface area contributed by atoms with Crippen molar-refractivity contribution < 1.29 is 18.4 Å².